The van der Waals surface area contributed by atoms with Crippen LogP contribution in [0.1, 0.15) is 40.1 Å². The highest BCUT2D eigenvalue weighted by Gasteiger charge is 2.28. The third kappa shape index (κ3) is 7.28. The Bertz CT molecular complexity index is 622. The molecular formula is C20H26N2O3. The molecule has 1 aliphatic heterocycles. The molecule has 5 nitrogen and oxygen atoms in total. The van der Waals surface area contributed by atoms with Gasteiger partial charge in [-0.05, 0) is 43.8 Å². The predicted molar refractivity (Wildman–Crippen MR) is 99.6 cm³/mol. The Kier molecular flexibility index (Phi) is 9.82. The molecule has 134 valence electrons. The van der Waals surface area contributed by atoms with Crippen LogP contribution in [-0.2, 0) is 11.2 Å². The van der Waals surface area contributed by atoms with Crippen molar-refractivity contribution in [3.8, 4) is 0 Å². The molecule has 3 N–H and O–H groups in total. The molecule has 0 radical (unpaired) electrons. The van der Waals surface area contributed by atoms with Crippen LogP contribution in [0.3, 0.4) is 0 Å². The van der Waals surface area contributed by atoms with Crippen molar-refractivity contribution >= 4 is 11.9 Å². The number of carbonyl (C=O) groups excluding carboxylic acids is 2. The van der Waals surface area contributed by atoms with Crippen molar-refractivity contribution in [3.05, 3.63) is 71.3 Å². The first-order chi connectivity index (χ1) is 12.1. The molecular weight excluding hydrogens is 316 g/mol. The van der Waals surface area contributed by atoms with Crippen LogP contribution in [0.25, 0.3) is 0 Å². The maximum absolute atomic E-state index is 10.8. The van der Waals surface area contributed by atoms with Crippen LogP contribution in [0, 0.1) is 0 Å². The quantitative estimate of drug-likeness (QED) is 0.659. The van der Waals surface area contributed by atoms with E-state index in [1.807, 2.05) is 18.2 Å². The molecule has 0 spiro atoms. The third-order valence-corrected chi connectivity index (χ3v) is 3.33. The van der Waals surface area contributed by atoms with Crippen LogP contribution in [0.15, 0.2) is 54.6 Å². The van der Waals surface area contributed by atoms with E-state index in [0.29, 0.717) is 11.1 Å². The van der Waals surface area contributed by atoms with E-state index in [9.17, 15) is 9.59 Å². The normalized spacial score (nSPS) is 11.5. The number of esters is 2. The van der Waals surface area contributed by atoms with Crippen LogP contribution in [0.5, 0.6) is 0 Å². The maximum atomic E-state index is 10.8. The molecule has 0 aromatic heterocycles. The molecule has 0 atom stereocenters. The van der Waals surface area contributed by atoms with E-state index >= 15 is 0 Å². The summed E-state index contributed by atoms with van der Waals surface area (Å²) in [5, 5.41) is 3.11. The van der Waals surface area contributed by atoms with Crippen molar-refractivity contribution in [2.45, 2.75) is 20.3 Å². The van der Waals surface area contributed by atoms with Gasteiger partial charge >= 0.3 is 11.9 Å². The number of ether oxygens (including phenoxy) is 1. The molecule has 2 aromatic carbocycles. The standard InChI is InChI=1S/C8H11N.C8H4O3.C4H11N/c9-7-6-8-4-2-1-3-5-8;9-7-5-3-1-2-4-6(5)8(10)11-7;1-3-5-4-2/h1-5H,6-7,9H2;1-4H;5H,3-4H2,1-2H3. The van der Waals surface area contributed by atoms with Crippen LogP contribution in [-0.4, -0.2) is 31.6 Å². The van der Waals surface area contributed by atoms with Gasteiger partial charge < -0.3 is 15.8 Å². The minimum atomic E-state index is -0.550. The average Bonchev–Trinajstić information content (AvgIpc) is 2.93. The third-order valence-electron chi connectivity index (χ3n) is 3.33. The minimum Gasteiger partial charge on any atom is -0.386 e. The first-order valence-electron chi connectivity index (χ1n) is 8.44. The van der Waals surface area contributed by atoms with E-state index in [1.54, 1.807) is 24.3 Å². The molecule has 0 amide bonds. The molecule has 2 aromatic rings. The van der Waals surface area contributed by atoms with Gasteiger partial charge in [0.25, 0.3) is 0 Å². The maximum Gasteiger partial charge on any atom is 0.346 e. The molecule has 0 unspecified atom stereocenters. The van der Waals surface area contributed by atoms with Crippen molar-refractivity contribution in [1.29, 1.82) is 0 Å². The van der Waals surface area contributed by atoms with Crippen molar-refractivity contribution in [3.63, 3.8) is 0 Å². The summed E-state index contributed by atoms with van der Waals surface area (Å²) in [5.74, 6) is -1.10. The number of rotatable bonds is 4. The zero-order chi connectivity index (χ0) is 18.5. The van der Waals surface area contributed by atoms with Crippen LogP contribution in [0.2, 0.25) is 0 Å². The van der Waals surface area contributed by atoms with Gasteiger partial charge in [-0.1, -0.05) is 56.3 Å². The lowest BCUT2D eigenvalue weighted by Gasteiger charge is -1.93. The summed E-state index contributed by atoms with van der Waals surface area (Å²) in [6.07, 6.45) is 0.987. The van der Waals surface area contributed by atoms with E-state index < -0.39 is 11.9 Å². The van der Waals surface area contributed by atoms with E-state index in [2.05, 4.69) is 36.0 Å². The number of hydrogen-bond acceptors (Lipinski definition) is 5. The second-order valence-electron chi connectivity index (χ2n) is 5.20. The van der Waals surface area contributed by atoms with Gasteiger partial charge in [-0.2, -0.15) is 0 Å². The summed E-state index contributed by atoms with van der Waals surface area (Å²) in [6, 6.07) is 16.8. The lowest BCUT2D eigenvalue weighted by atomic mass is 10.1. The summed E-state index contributed by atoms with van der Waals surface area (Å²) >= 11 is 0. The van der Waals surface area contributed by atoms with Gasteiger partial charge in [-0.25, -0.2) is 9.59 Å². The zero-order valence-corrected chi connectivity index (χ0v) is 14.8. The van der Waals surface area contributed by atoms with Crippen molar-refractivity contribution in [1.82, 2.24) is 5.32 Å². The van der Waals surface area contributed by atoms with E-state index in [0.717, 1.165) is 26.1 Å². The number of cyclic esters (lactones) is 2. The predicted octanol–water partition coefficient (Wildman–Crippen LogP) is 2.80. The molecule has 0 aliphatic carbocycles. The summed E-state index contributed by atoms with van der Waals surface area (Å²) in [4.78, 5) is 21.7. The second kappa shape index (κ2) is 11.9. The molecule has 0 saturated heterocycles. The number of fused-ring (bicyclic) bond motifs is 1. The Hall–Kier alpha value is -2.50. The van der Waals surface area contributed by atoms with Gasteiger partial charge in [0.15, 0.2) is 0 Å². The SMILES string of the molecule is CCNCC.NCCc1ccccc1.O=C1OC(=O)c2ccccc21. The van der Waals surface area contributed by atoms with Gasteiger partial charge in [0.05, 0.1) is 11.1 Å². The fourth-order valence-electron chi connectivity index (χ4n) is 2.09. The van der Waals surface area contributed by atoms with Gasteiger partial charge in [-0.15, -0.1) is 0 Å². The molecule has 3 rings (SSSR count). The Balaban J connectivity index is 0.000000202. The van der Waals surface area contributed by atoms with Crippen LogP contribution >= 0.6 is 0 Å². The Morgan fingerprint density at radius 3 is 1.72 bits per heavy atom. The molecule has 0 bridgehead atoms. The molecule has 0 saturated carbocycles. The molecule has 1 heterocycles. The Morgan fingerprint density at radius 1 is 0.840 bits per heavy atom. The topological polar surface area (TPSA) is 81.4 Å². The highest BCUT2D eigenvalue weighted by Crippen LogP contribution is 2.18. The molecule has 0 fully saturated rings. The Labute approximate surface area is 149 Å². The average molecular weight is 342 g/mol. The van der Waals surface area contributed by atoms with Crippen molar-refractivity contribution in [2.75, 3.05) is 19.6 Å². The first kappa shape index (κ1) is 20.5. The number of nitrogens with one attached hydrogen (secondary N) is 1. The summed E-state index contributed by atoms with van der Waals surface area (Å²) < 4.78 is 4.35. The van der Waals surface area contributed by atoms with E-state index in [-0.39, 0.29) is 0 Å². The van der Waals surface area contributed by atoms with E-state index in [4.69, 9.17) is 5.73 Å². The summed E-state index contributed by atoms with van der Waals surface area (Å²) in [6.45, 7) is 7.13. The van der Waals surface area contributed by atoms with Crippen LogP contribution < -0.4 is 11.1 Å². The Morgan fingerprint density at radius 2 is 1.32 bits per heavy atom. The number of nitrogens with two attached hydrogens (primary N) is 1. The largest absolute Gasteiger partial charge is 0.386 e. The summed E-state index contributed by atoms with van der Waals surface area (Å²) in [5.41, 5.74) is 7.40. The van der Waals surface area contributed by atoms with Crippen molar-refractivity contribution < 1.29 is 14.3 Å². The van der Waals surface area contributed by atoms with Gasteiger partial charge in [0, 0.05) is 0 Å². The lowest BCUT2D eigenvalue weighted by Crippen LogP contribution is -2.09. The van der Waals surface area contributed by atoms with Crippen molar-refractivity contribution in [2.24, 2.45) is 5.73 Å². The highest BCUT2D eigenvalue weighted by molar-refractivity contribution is 6.14. The van der Waals surface area contributed by atoms with Crippen LogP contribution in [0.4, 0.5) is 0 Å². The zero-order valence-electron chi connectivity index (χ0n) is 14.8. The first-order valence-corrected chi connectivity index (χ1v) is 8.44. The lowest BCUT2D eigenvalue weighted by molar-refractivity contribution is 0.0444. The summed E-state index contributed by atoms with van der Waals surface area (Å²) in [7, 11) is 0. The smallest absolute Gasteiger partial charge is 0.346 e. The van der Waals surface area contributed by atoms with Gasteiger partial charge in [-0.3, -0.25) is 0 Å². The highest BCUT2D eigenvalue weighted by atomic mass is 16.6. The number of hydrogen-bond donors (Lipinski definition) is 2. The number of benzene rings is 2. The molecule has 25 heavy (non-hydrogen) atoms. The van der Waals surface area contributed by atoms with Gasteiger partial charge in [0.2, 0.25) is 0 Å². The van der Waals surface area contributed by atoms with E-state index in [1.165, 1.54) is 5.56 Å². The second-order valence-corrected chi connectivity index (χ2v) is 5.20. The monoisotopic (exact) mass is 342 g/mol. The minimum absolute atomic E-state index is 0.359. The molecule has 5 heteroatoms. The fourth-order valence-corrected chi connectivity index (χ4v) is 2.09. The fraction of sp³-hybridized carbons (Fsp3) is 0.300. The molecule has 1 aliphatic rings. The number of carbonyl (C=O) groups is 2. The van der Waals surface area contributed by atoms with Gasteiger partial charge in [0.1, 0.15) is 0 Å².